The maximum Gasteiger partial charge on any atom is 0.697 e. The van der Waals surface area contributed by atoms with Gasteiger partial charge in [0.2, 0.25) is 0 Å². The Morgan fingerprint density at radius 3 is 0.710 bits per heavy atom. The van der Waals surface area contributed by atoms with E-state index >= 15 is 0 Å². The molecule has 188 valence electrons. The summed E-state index contributed by atoms with van der Waals surface area (Å²) in [5, 5.41) is 0. The van der Waals surface area contributed by atoms with Gasteiger partial charge in [0.1, 0.15) is 0 Å². The molecule has 31 heavy (non-hydrogen) atoms. The molecule has 0 radical (unpaired) electrons. The average molecular weight is 507 g/mol. The summed E-state index contributed by atoms with van der Waals surface area (Å²) >= 11 is 0. The van der Waals surface area contributed by atoms with E-state index in [1.165, 1.54) is 0 Å². The normalized spacial score (nSPS) is 14.3. The summed E-state index contributed by atoms with van der Waals surface area (Å²) in [7, 11) is -13.2. The molecular formula is C18H42O10SSi2. The van der Waals surface area contributed by atoms with Gasteiger partial charge in [-0.2, -0.15) is 8.42 Å². The second-order valence-electron chi connectivity index (χ2n) is 8.57. The molecule has 0 aromatic rings. The van der Waals surface area contributed by atoms with Crippen LogP contribution in [0.2, 0.25) is 0 Å². The predicted molar refractivity (Wildman–Crippen MR) is 120 cm³/mol. The zero-order valence-corrected chi connectivity index (χ0v) is 23.8. The van der Waals surface area contributed by atoms with Crippen molar-refractivity contribution < 1.29 is 42.7 Å². The van der Waals surface area contributed by atoms with Crippen molar-refractivity contribution in [2.24, 2.45) is 0 Å². The molecule has 0 amide bonds. The first-order valence-electron chi connectivity index (χ1n) is 10.6. The summed E-state index contributed by atoms with van der Waals surface area (Å²) in [6.45, 7) is 20.6. The Bertz CT molecular complexity index is 509. The van der Waals surface area contributed by atoms with E-state index in [-0.39, 0.29) is 0 Å². The third kappa shape index (κ3) is 13.4. The molecule has 10 nitrogen and oxygen atoms in total. The van der Waals surface area contributed by atoms with Crippen LogP contribution in [0.25, 0.3) is 0 Å². The lowest BCUT2D eigenvalue weighted by molar-refractivity contribution is -0.0585. The van der Waals surface area contributed by atoms with Crippen molar-refractivity contribution >= 4 is 28.5 Å². The molecule has 0 aliphatic carbocycles. The van der Waals surface area contributed by atoms with Gasteiger partial charge in [0.15, 0.2) is 0 Å². The summed E-state index contributed by atoms with van der Waals surface area (Å²) in [6.07, 6.45) is -2.63. The van der Waals surface area contributed by atoms with Gasteiger partial charge < -0.3 is 26.6 Å². The van der Waals surface area contributed by atoms with E-state index in [0.29, 0.717) is 0 Å². The van der Waals surface area contributed by atoms with Crippen LogP contribution in [-0.4, -0.2) is 63.1 Å². The highest BCUT2D eigenvalue weighted by Crippen LogP contribution is 2.27. The fourth-order valence-electron chi connectivity index (χ4n) is 2.28. The molecule has 0 aromatic carbocycles. The van der Waals surface area contributed by atoms with Crippen LogP contribution in [0.15, 0.2) is 0 Å². The smallest absolute Gasteiger partial charge is 0.348 e. The van der Waals surface area contributed by atoms with Crippen molar-refractivity contribution in [3.63, 3.8) is 0 Å². The second-order valence-corrected chi connectivity index (χ2v) is 14.1. The largest absolute Gasteiger partial charge is 0.697 e. The number of rotatable bonds is 16. The van der Waals surface area contributed by atoms with Gasteiger partial charge >= 0.3 is 28.5 Å². The molecule has 0 aromatic heterocycles. The highest BCUT2D eigenvalue weighted by Gasteiger charge is 2.58. The van der Waals surface area contributed by atoms with E-state index in [2.05, 4.69) is 0 Å². The predicted octanol–water partition coefficient (Wildman–Crippen LogP) is 3.69. The molecule has 0 unspecified atom stereocenters. The van der Waals surface area contributed by atoms with Gasteiger partial charge in [-0.05, 0) is 83.1 Å². The third-order valence-electron chi connectivity index (χ3n) is 2.69. The fraction of sp³-hybridized carbons (Fsp3) is 1.00. The Balaban J connectivity index is 6.19. The Morgan fingerprint density at radius 2 is 0.581 bits per heavy atom. The van der Waals surface area contributed by atoms with Crippen LogP contribution >= 0.6 is 0 Å². The molecular weight excluding hydrogens is 464 g/mol. The first-order valence-corrected chi connectivity index (χ1v) is 15.2. The zero-order valence-electron chi connectivity index (χ0n) is 21.0. The standard InChI is InChI=1S/C18H42O10SSi2/c1-13(2)21-30(22-14(3)4,23-15(5)6)27-29(19,20)28-31(24-16(7)8,25-17(9)10)26-18(11)12/h13-18H,1-12H3. The van der Waals surface area contributed by atoms with Crippen LogP contribution in [-0.2, 0) is 44.7 Å². The molecule has 13 heteroatoms. The molecule has 0 heterocycles. The van der Waals surface area contributed by atoms with Crippen molar-refractivity contribution in [3.8, 4) is 0 Å². The lowest BCUT2D eigenvalue weighted by atomic mass is 10.5. The van der Waals surface area contributed by atoms with Gasteiger partial charge in [0, 0.05) is 36.6 Å². The molecule has 0 aliphatic heterocycles. The first-order chi connectivity index (χ1) is 13.9. The summed E-state index contributed by atoms with van der Waals surface area (Å²) in [5.74, 6) is 0. The Kier molecular flexibility index (Phi) is 13.1. The summed E-state index contributed by atoms with van der Waals surface area (Å²) in [6, 6.07) is 0. The molecule has 0 fully saturated rings. The lowest BCUT2D eigenvalue weighted by Crippen LogP contribution is -2.58. The van der Waals surface area contributed by atoms with E-state index in [1.807, 2.05) is 0 Å². The molecule has 0 spiro atoms. The zero-order chi connectivity index (χ0) is 24.6. The highest BCUT2D eigenvalue weighted by atomic mass is 32.3. The minimum absolute atomic E-state index is 0.438. The number of hydrogen-bond acceptors (Lipinski definition) is 10. The van der Waals surface area contributed by atoms with Crippen molar-refractivity contribution in [2.45, 2.75) is 120 Å². The van der Waals surface area contributed by atoms with Crippen LogP contribution in [0.3, 0.4) is 0 Å². The number of hydrogen-bond donors (Lipinski definition) is 0. The quantitative estimate of drug-likeness (QED) is 0.288. The van der Waals surface area contributed by atoms with Crippen molar-refractivity contribution in [2.75, 3.05) is 0 Å². The molecule has 0 rings (SSSR count). The molecule has 0 saturated heterocycles. The topological polar surface area (TPSA) is 108 Å². The van der Waals surface area contributed by atoms with E-state index < -0.39 is 65.1 Å². The van der Waals surface area contributed by atoms with Gasteiger partial charge in [-0.1, -0.05) is 0 Å². The van der Waals surface area contributed by atoms with Crippen molar-refractivity contribution in [1.82, 2.24) is 0 Å². The van der Waals surface area contributed by atoms with Gasteiger partial charge in [0.25, 0.3) is 0 Å². The van der Waals surface area contributed by atoms with E-state index in [4.69, 9.17) is 34.3 Å². The van der Waals surface area contributed by atoms with Crippen LogP contribution in [0.5, 0.6) is 0 Å². The van der Waals surface area contributed by atoms with E-state index in [0.717, 1.165) is 0 Å². The van der Waals surface area contributed by atoms with Crippen LogP contribution in [0.4, 0.5) is 0 Å². The van der Waals surface area contributed by atoms with Gasteiger partial charge in [-0.15, -0.1) is 0 Å². The van der Waals surface area contributed by atoms with E-state index in [1.54, 1.807) is 83.1 Å². The second kappa shape index (κ2) is 13.1. The van der Waals surface area contributed by atoms with Crippen molar-refractivity contribution in [3.05, 3.63) is 0 Å². The maximum atomic E-state index is 13.1. The average Bonchev–Trinajstić information content (AvgIpc) is 2.38. The monoisotopic (exact) mass is 506 g/mol. The summed E-state index contributed by atoms with van der Waals surface area (Å²) < 4.78 is 71.5. The van der Waals surface area contributed by atoms with Crippen LogP contribution in [0.1, 0.15) is 83.1 Å². The van der Waals surface area contributed by atoms with Gasteiger partial charge in [0.05, 0.1) is 0 Å². The maximum absolute atomic E-state index is 13.1. The SMILES string of the molecule is CC(C)O[Si](OC(C)C)(OC(C)C)OS(=O)(=O)O[Si](OC(C)C)(OC(C)C)OC(C)C. The fourth-order valence-corrected chi connectivity index (χ4v) is 9.47. The van der Waals surface area contributed by atoms with Crippen molar-refractivity contribution in [1.29, 1.82) is 0 Å². The molecule has 0 saturated carbocycles. The molecule has 0 atom stereocenters. The van der Waals surface area contributed by atoms with Crippen LogP contribution in [0, 0.1) is 0 Å². The third-order valence-corrected chi connectivity index (χ3v) is 10.5. The Morgan fingerprint density at radius 1 is 0.419 bits per heavy atom. The first kappa shape index (κ1) is 31.1. The van der Waals surface area contributed by atoms with E-state index in [9.17, 15) is 8.42 Å². The minimum atomic E-state index is -4.80. The van der Waals surface area contributed by atoms with Gasteiger partial charge in [-0.3, -0.25) is 0 Å². The Hall–Kier alpha value is 0.0638. The molecule has 0 bridgehead atoms. The van der Waals surface area contributed by atoms with Crippen LogP contribution < -0.4 is 0 Å². The molecule has 0 aliphatic rings. The lowest BCUT2D eigenvalue weighted by Gasteiger charge is -2.34. The minimum Gasteiger partial charge on any atom is -0.348 e. The summed E-state index contributed by atoms with van der Waals surface area (Å²) in [5.41, 5.74) is 0. The van der Waals surface area contributed by atoms with Gasteiger partial charge in [-0.25, -0.2) is 7.74 Å². The Labute approximate surface area is 191 Å². The highest BCUT2D eigenvalue weighted by molar-refractivity contribution is 7.83. The molecule has 0 N–H and O–H groups in total. The summed E-state index contributed by atoms with van der Waals surface area (Å²) in [4.78, 5) is 0.